The summed E-state index contributed by atoms with van der Waals surface area (Å²) in [6.07, 6.45) is 2.26. The van der Waals surface area contributed by atoms with Crippen LogP contribution in [0.4, 0.5) is 0 Å². The molecule has 2 amide bonds. The first-order chi connectivity index (χ1) is 24.6. The fourth-order valence-electron chi connectivity index (χ4n) is 6.48. The summed E-state index contributed by atoms with van der Waals surface area (Å²) < 4.78 is 19.0. The van der Waals surface area contributed by atoms with Crippen LogP contribution < -0.4 is 4.74 Å². The van der Waals surface area contributed by atoms with E-state index in [9.17, 15) is 19.8 Å². The molecule has 1 aliphatic rings. The van der Waals surface area contributed by atoms with Crippen LogP contribution in [-0.4, -0.2) is 123 Å². The second-order valence-corrected chi connectivity index (χ2v) is 14.2. The Hall–Kier alpha value is -3.56. The third-order valence-corrected chi connectivity index (χ3v) is 10.3. The van der Waals surface area contributed by atoms with Crippen molar-refractivity contribution < 1.29 is 34.0 Å². The predicted octanol–water partition coefficient (Wildman–Crippen LogP) is 4.09. The van der Waals surface area contributed by atoms with Crippen LogP contribution in [-0.2, 0) is 25.6 Å². The normalized spacial score (nSPS) is 22.7. The van der Waals surface area contributed by atoms with E-state index in [-0.39, 0.29) is 49.1 Å². The number of pyridine rings is 1. The lowest BCUT2D eigenvalue weighted by molar-refractivity contribution is -0.139. The average molecular weight is 727 g/mol. The molecule has 1 aromatic carbocycles. The van der Waals surface area contributed by atoms with E-state index in [1.54, 1.807) is 24.4 Å². The third-order valence-electron chi connectivity index (χ3n) is 9.36. The summed E-state index contributed by atoms with van der Waals surface area (Å²) in [4.78, 5) is 35.5. The van der Waals surface area contributed by atoms with Gasteiger partial charge < -0.3 is 38.8 Å². The van der Waals surface area contributed by atoms with Crippen molar-refractivity contribution in [3.8, 4) is 17.1 Å². The molecule has 1 aliphatic heterocycles. The molecule has 0 radical (unpaired) electrons. The minimum atomic E-state index is -1.27. The number of hydrogen-bond donors (Lipinski definition) is 2. The monoisotopic (exact) mass is 726 g/mol. The Morgan fingerprint density at radius 1 is 1.08 bits per heavy atom. The van der Waals surface area contributed by atoms with Crippen LogP contribution in [0, 0.1) is 11.8 Å². The van der Waals surface area contributed by atoms with Crippen molar-refractivity contribution in [2.45, 2.75) is 83.0 Å². The molecule has 3 aromatic rings. The Bertz CT molecular complexity index is 1530. The highest BCUT2D eigenvalue weighted by Crippen LogP contribution is 2.37. The molecule has 0 bridgehead atoms. The summed E-state index contributed by atoms with van der Waals surface area (Å²) in [7, 11) is 3.07. The molecule has 3 heterocycles. The van der Waals surface area contributed by atoms with E-state index in [1.807, 2.05) is 45.9 Å². The van der Waals surface area contributed by atoms with Gasteiger partial charge in [-0.1, -0.05) is 44.7 Å². The van der Waals surface area contributed by atoms with Gasteiger partial charge in [0.1, 0.15) is 24.1 Å². The second kappa shape index (κ2) is 19.9. The largest absolute Gasteiger partial charge is 0.497 e. The summed E-state index contributed by atoms with van der Waals surface area (Å²) in [6, 6.07) is 11.1. The molecule has 13 nitrogen and oxygen atoms in total. The molecule has 5 atom stereocenters. The van der Waals surface area contributed by atoms with Gasteiger partial charge in [0.05, 0.1) is 25.5 Å². The molecule has 14 heteroatoms. The van der Waals surface area contributed by atoms with E-state index in [4.69, 9.17) is 14.2 Å². The Morgan fingerprint density at radius 3 is 2.51 bits per heavy atom. The molecule has 2 N–H and O–H groups in total. The van der Waals surface area contributed by atoms with Gasteiger partial charge in [-0.25, -0.2) is 0 Å². The Kier molecular flexibility index (Phi) is 15.7. The Morgan fingerprint density at radius 2 is 1.84 bits per heavy atom. The van der Waals surface area contributed by atoms with Gasteiger partial charge in [0, 0.05) is 70.7 Å². The van der Waals surface area contributed by atoms with Gasteiger partial charge in [-0.2, -0.15) is 0 Å². The SMILES string of the molecule is CCCn1c(SCC(=O)N2CCCCOC[C@H](O)[C@H](O)[C@@H](OC)CN(C(C)=O)C[C@H](C(C)C)[C@H]2c2cccc(OC)c2)nnc1-c1ccncc1. The number of ether oxygens (including phenoxy) is 3. The summed E-state index contributed by atoms with van der Waals surface area (Å²) in [5.74, 6) is 1.04. The number of hydrogen-bond acceptors (Lipinski definition) is 11. The van der Waals surface area contributed by atoms with Crippen LogP contribution in [0.1, 0.15) is 58.6 Å². The van der Waals surface area contributed by atoms with Crippen LogP contribution in [0.15, 0.2) is 53.9 Å². The van der Waals surface area contributed by atoms with Gasteiger partial charge in [-0.05, 0) is 55.0 Å². The predicted molar refractivity (Wildman–Crippen MR) is 195 cm³/mol. The zero-order chi connectivity index (χ0) is 36.9. The van der Waals surface area contributed by atoms with Gasteiger partial charge in [0.2, 0.25) is 11.8 Å². The molecule has 2 aromatic heterocycles. The highest BCUT2D eigenvalue weighted by atomic mass is 32.2. The number of aliphatic hydroxyl groups excluding tert-OH is 2. The van der Waals surface area contributed by atoms with Crippen molar-refractivity contribution in [3.63, 3.8) is 0 Å². The summed E-state index contributed by atoms with van der Waals surface area (Å²) >= 11 is 1.36. The van der Waals surface area contributed by atoms with Gasteiger partial charge in [0.25, 0.3) is 0 Å². The number of carbonyl (C=O) groups is 2. The number of nitrogens with zero attached hydrogens (tertiary/aromatic N) is 6. The van der Waals surface area contributed by atoms with Gasteiger partial charge in [-0.15, -0.1) is 10.2 Å². The molecular formula is C37H54N6O7S. The first-order valence-electron chi connectivity index (χ1n) is 17.7. The maximum atomic E-state index is 14.6. The summed E-state index contributed by atoms with van der Waals surface area (Å²) in [6.45, 7) is 9.48. The lowest BCUT2D eigenvalue weighted by atomic mass is 9.82. The molecule has 0 spiro atoms. The van der Waals surface area contributed by atoms with E-state index in [1.165, 1.54) is 25.8 Å². The molecule has 0 aliphatic carbocycles. The minimum absolute atomic E-state index is 0.0251. The topological polar surface area (TPSA) is 152 Å². The highest BCUT2D eigenvalue weighted by molar-refractivity contribution is 7.99. The molecule has 51 heavy (non-hydrogen) atoms. The van der Waals surface area contributed by atoms with Crippen molar-refractivity contribution in [2.24, 2.45) is 11.8 Å². The van der Waals surface area contributed by atoms with Crippen LogP contribution in [0.5, 0.6) is 5.75 Å². The van der Waals surface area contributed by atoms with Crippen LogP contribution in [0.2, 0.25) is 0 Å². The minimum Gasteiger partial charge on any atom is -0.497 e. The fraction of sp³-hybridized carbons (Fsp3) is 0.595. The smallest absolute Gasteiger partial charge is 0.233 e. The lowest BCUT2D eigenvalue weighted by Crippen LogP contribution is -2.51. The number of methoxy groups -OCH3 is 2. The van der Waals surface area contributed by atoms with Crippen molar-refractivity contribution in [1.82, 2.24) is 29.5 Å². The average Bonchev–Trinajstić information content (AvgIpc) is 3.53. The van der Waals surface area contributed by atoms with Gasteiger partial charge in [-0.3, -0.25) is 14.6 Å². The zero-order valence-corrected chi connectivity index (χ0v) is 31.5. The molecule has 0 saturated carbocycles. The number of aromatic nitrogens is 4. The second-order valence-electron chi connectivity index (χ2n) is 13.2. The van der Waals surface area contributed by atoms with Crippen LogP contribution in [0.3, 0.4) is 0 Å². The third kappa shape index (κ3) is 10.7. The number of amides is 2. The molecular weight excluding hydrogens is 673 g/mol. The van der Waals surface area contributed by atoms with E-state index in [2.05, 4.69) is 36.0 Å². The molecule has 280 valence electrons. The number of thioether (sulfide) groups is 1. The lowest BCUT2D eigenvalue weighted by Gasteiger charge is -2.42. The Labute approximate surface area is 305 Å². The highest BCUT2D eigenvalue weighted by Gasteiger charge is 2.38. The number of rotatable bonds is 10. The van der Waals surface area contributed by atoms with E-state index >= 15 is 0 Å². The number of benzene rings is 1. The van der Waals surface area contributed by atoms with Crippen molar-refractivity contribution in [3.05, 3.63) is 54.4 Å². The summed E-state index contributed by atoms with van der Waals surface area (Å²) in [5.41, 5.74) is 1.80. The van der Waals surface area contributed by atoms with Crippen molar-refractivity contribution in [2.75, 3.05) is 52.8 Å². The standard InChI is InChI=1S/C37H54N6O7S/c1-7-17-43-36(27-13-15-38-16-14-27)39-40-37(43)51-24-33(46)42-18-8-9-19-50-23-31(45)35(47)32(49-6)22-41(26(4)44)21-30(25(2)3)34(42)28-11-10-12-29(20-28)48-5/h10-16,20,25,30-32,34-35,45,47H,7-9,17-19,21-24H2,1-6H3/t30-,31+,32+,34-,35+/m1/s1. The fourth-order valence-corrected chi connectivity index (χ4v) is 7.33. The van der Waals surface area contributed by atoms with Crippen LogP contribution >= 0.6 is 11.8 Å². The quantitative estimate of drug-likeness (QED) is 0.291. The van der Waals surface area contributed by atoms with Crippen molar-refractivity contribution in [1.29, 1.82) is 0 Å². The van der Waals surface area contributed by atoms with Gasteiger partial charge >= 0.3 is 0 Å². The van der Waals surface area contributed by atoms with Crippen molar-refractivity contribution >= 4 is 23.6 Å². The molecule has 1 saturated heterocycles. The van der Waals surface area contributed by atoms with E-state index < -0.39 is 24.4 Å². The molecule has 0 unspecified atom stereocenters. The number of aliphatic hydroxyl groups is 2. The van der Waals surface area contributed by atoms with E-state index in [0.717, 1.165) is 23.4 Å². The maximum Gasteiger partial charge on any atom is 0.233 e. The molecule has 1 fully saturated rings. The molecule has 4 rings (SSSR count). The first-order valence-corrected chi connectivity index (χ1v) is 18.7. The van der Waals surface area contributed by atoms with Gasteiger partial charge in [0.15, 0.2) is 11.0 Å². The first kappa shape index (κ1) is 40.2. The summed E-state index contributed by atoms with van der Waals surface area (Å²) in [5, 5.41) is 31.3. The zero-order valence-electron chi connectivity index (χ0n) is 30.7. The maximum absolute atomic E-state index is 14.6. The van der Waals surface area contributed by atoms with E-state index in [0.29, 0.717) is 43.4 Å². The van der Waals surface area contributed by atoms with Crippen LogP contribution in [0.25, 0.3) is 11.4 Å². The number of carbonyl (C=O) groups excluding carboxylic acids is 2. The Balaban J connectivity index is 1.75.